The summed E-state index contributed by atoms with van der Waals surface area (Å²) < 4.78 is 4.55. The molecule has 214 valence electrons. The first-order valence-corrected chi connectivity index (χ1v) is 15.0. The van der Waals surface area contributed by atoms with E-state index in [4.69, 9.17) is 0 Å². The van der Waals surface area contributed by atoms with Crippen LogP contribution in [0.1, 0.15) is 61.1 Å². The van der Waals surface area contributed by atoms with Crippen LogP contribution in [0.25, 0.3) is 24.3 Å². The van der Waals surface area contributed by atoms with Gasteiger partial charge in [0.2, 0.25) is 11.4 Å². The lowest BCUT2D eigenvalue weighted by molar-refractivity contribution is -0.401. The van der Waals surface area contributed by atoms with E-state index in [1.54, 1.807) is 6.07 Å². The fourth-order valence-electron chi connectivity index (χ4n) is 6.75. The van der Waals surface area contributed by atoms with Gasteiger partial charge in [0.05, 0.1) is 10.8 Å². The Labute approximate surface area is 255 Å². The third kappa shape index (κ3) is 4.99. The molecule has 6 rings (SSSR count). The number of phenolic OH excluding ortho intramolecular Hbond substituents is 1. The van der Waals surface area contributed by atoms with Gasteiger partial charge in [0, 0.05) is 41.0 Å². The third-order valence-electron chi connectivity index (χ3n) is 9.23. The van der Waals surface area contributed by atoms with E-state index >= 15 is 0 Å². The monoisotopic (exact) mass is 564 g/mol. The normalized spacial score (nSPS) is 17.1. The van der Waals surface area contributed by atoms with E-state index in [0.29, 0.717) is 0 Å². The van der Waals surface area contributed by atoms with Gasteiger partial charge in [-0.2, -0.15) is 9.15 Å². The predicted octanol–water partition coefficient (Wildman–Crippen LogP) is 9.00. The van der Waals surface area contributed by atoms with E-state index in [-0.39, 0.29) is 16.6 Å². The Bertz CT molecular complexity index is 1900. The number of allylic oxidation sites excluding steroid dienone is 2. The Morgan fingerprint density at radius 1 is 0.512 bits per heavy atom. The van der Waals surface area contributed by atoms with Crippen molar-refractivity contribution in [3.63, 3.8) is 0 Å². The van der Waals surface area contributed by atoms with E-state index in [0.717, 1.165) is 22.3 Å². The standard InChI is InChI=1S/C40H39N2O/c1-39(2)32-15-9-11-17-34(32)41(5)37(39)25-22-30-14-8-7-13-29(30)21-19-28-20-24-36(43)31(27-28)23-26-38-40(3,4)33-16-10-12-18-35(33)42(38)6/h7-27H,1-6H3/q+1/p+1. The summed E-state index contributed by atoms with van der Waals surface area (Å²) in [7, 11) is 4.26. The molecule has 0 saturated carbocycles. The average molecular weight is 565 g/mol. The summed E-state index contributed by atoms with van der Waals surface area (Å²) in [6.45, 7) is 9.09. The molecule has 2 aliphatic heterocycles. The first-order chi connectivity index (χ1) is 20.6. The van der Waals surface area contributed by atoms with Gasteiger partial charge in [-0.05, 0) is 68.7 Å². The summed E-state index contributed by atoms with van der Waals surface area (Å²) in [5.74, 6) is 0.273. The van der Waals surface area contributed by atoms with E-state index in [2.05, 4.69) is 154 Å². The van der Waals surface area contributed by atoms with Gasteiger partial charge in [0.1, 0.15) is 19.8 Å². The molecule has 0 aliphatic carbocycles. The Balaban J connectivity index is 1.26. The van der Waals surface area contributed by atoms with Crippen LogP contribution in [0.15, 0.2) is 103 Å². The maximum Gasteiger partial charge on any atom is 0.209 e. The molecule has 2 heterocycles. The molecule has 0 fully saturated rings. The number of rotatable bonds is 6. The second kappa shape index (κ2) is 10.8. The van der Waals surface area contributed by atoms with Gasteiger partial charge in [-0.25, -0.2) is 0 Å². The van der Waals surface area contributed by atoms with Crippen LogP contribution < -0.4 is 0 Å². The second-order valence-electron chi connectivity index (χ2n) is 12.6. The predicted molar refractivity (Wildman–Crippen MR) is 182 cm³/mol. The lowest BCUT2D eigenvalue weighted by Crippen LogP contribution is -2.26. The van der Waals surface area contributed by atoms with Crippen molar-refractivity contribution in [1.82, 2.24) is 0 Å². The quantitative estimate of drug-likeness (QED) is 0.184. The van der Waals surface area contributed by atoms with Crippen LogP contribution in [0.5, 0.6) is 5.75 Å². The van der Waals surface area contributed by atoms with Crippen LogP contribution in [0.4, 0.5) is 11.4 Å². The molecular weight excluding hydrogens is 524 g/mol. The molecule has 4 aromatic rings. The highest BCUT2D eigenvalue weighted by molar-refractivity contribution is 6.06. The molecule has 43 heavy (non-hydrogen) atoms. The molecule has 0 bridgehead atoms. The van der Waals surface area contributed by atoms with Gasteiger partial charge >= 0.3 is 0 Å². The van der Waals surface area contributed by atoms with E-state index in [1.807, 2.05) is 18.2 Å². The molecule has 3 nitrogen and oxygen atoms in total. The van der Waals surface area contributed by atoms with Gasteiger partial charge in [0.25, 0.3) is 0 Å². The Morgan fingerprint density at radius 2 is 0.953 bits per heavy atom. The topological polar surface area (TPSA) is 26.2 Å². The number of phenols is 1. The van der Waals surface area contributed by atoms with Crippen LogP contribution in [-0.2, 0) is 10.8 Å². The summed E-state index contributed by atoms with van der Waals surface area (Å²) in [4.78, 5) is 0. The van der Waals surface area contributed by atoms with Gasteiger partial charge in [-0.3, -0.25) is 0 Å². The summed E-state index contributed by atoms with van der Waals surface area (Å²) in [6, 6.07) is 31.4. The fourth-order valence-corrected chi connectivity index (χ4v) is 6.75. The van der Waals surface area contributed by atoms with Crippen LogP contribution in [0.3, 0.4) is 0 Å². The highest BCUT2D eigenvalue weighted by atomic mass is 16.3. The molecule has 0 unspecified atom stereocenters. The summed E-state index contributed by atoms with van der Waals surface area (Å²) >= 11 is 0. The number of hydrogen-bond donors (Lipinski definition) is 1. The lowest BCUT2D eigenvalue weighted by Gasteiger charge is -2.15. The van der Waals surface area contributed by atoms with Crippen molar-refractivity contribution >= 4 is 47.1 Å². The summed E-state index contributed by atoms with van der Waals surface area (Å²) in [6.07, 6.45) is 12.9. The molecule has 0 amide bonds. The van der Waals surface area contributed by atoms with Crippen LogP contribution in [0, 0.1) is 0 Å². The van der Waals surface area contributed by atoms with Crippen molar-refractivity contribution in [2.45, 2.75) is 38.5 Å². The van der Waals surface area contributed by atoms with Crippen molar-refractivity contribution < 1.29 is 14.3 Å². The van der Waals surface area contributed by atoms with E-state index < -0.39 is 0 Å². The molecule has 0 spiro atoms. The maximum absolute atomic E-state index is 10.7. The number of benzene rings is 4. The van der Waals surface area contributed by atoms with E-state index in [1.165, 1.54) is 33.9 Å². The van der Waals surface area contributed by atoms with Crippen molar-refractivity contribution in [3.05, 3.63) is 137 Å². The number of hydrogen-bond acceptors (Lipinski definition) is 1. The molecule has 3 heteroatoms. The van der Waals surface area contributed by atoms with Gasteiger partial charge in [-0.1, -0.05) is 78.9 Å². The molecule has 0 aromatic heterocycles. The second-order valence-corrected chi connectivity index (χ2v) is 12.6. The first kappa shape index (κ1) is 28.4. The SMILES string of the molecule is C[N+]1=C(/C=C/c2cc(/C=C/c3ccccc3/C=C/C3=[N+](C)c4ccccc4C3(C)C)ccc2O)C(C)(C)c2ccccc21. The molecule has 1 N–H and O–H groups in total. The highest BCUT2D eigenvalue weighted by Gasteiger charge is 2.43. The minimum Gasteiger partial charge on any atom is -0.507 e. The van der Waals surface area contributed by atoms with E-state index in [9.17, 15) is 5.11 Å². The smallest absolute Gasteiger partial charge is 0.209 e. The molecule has 0 atom stereocenters. The number of fused-ring (bicyclic) bond motifs is 2. The van der Waals surface area contributed by atoms with Gasteiger partial charge < -0.3 is 5.11 Å². The highest BCUT2D eigenvalue weighted by Crippen LogP contribution is 2.40. The summed E-state index contributed by atoms with van der Waals surface area (Å²) in [5.41, 5.74) is 11.6. The lowest BCUT2D eigenvalue weighted by atomic mass is 9.81. The molecule has 4 aromatic carbocycles. The van der Waals surface area contributed by atoms with Gasteiger partial charge in [-0.15, -0.1) is 0 Å². The Kier molecular flexibility index (Phi) is 7.14. The Morgan fingerprint density at radius 3 is 1.47 bits per heavy atom. The molecule has 0 saturated heterocycles. The van der Waals surface area contributed by atoms with Gasteiger partial charge in [0.15, 0.2) is 11.4 Å². The van der Waals surface area contributed by atoms with Crippen LogP contribution in [0.2, 0.25) is 0 Å². The van der Waals surface area contributed by atoms with Crippen molar-refractivity contribution in [1.29, 1.82) is 0 Å². The maximum atomic E-state index is 10.7. The third-order valence-corrected chi connectivity index (χ3v) is 9.23. The number of aromatic hydroxyl groups is 1. The number of nitrogens with zero attached hydrogens (tertiary/aromatic N) is 2. The Hall–Kier alpha value is -4.76. The minimum atomic E-state index is -0.115. The zero-order valence-corrected chi connectivity index (χ0v) is 26.0. The fraction of sp³-hybridized carbons (Fsp3) is 0.200. The largest absolute Gasteiger partial charge is 0.507 e. The zero-order chi connectivity index (χ0) is 30.4. The molecule has 0 radical (unpaired) electrons. The van der Waals surface area contributed by atoms with Crippen LogP contribution >= 0.6 is 0 Å². The van der Waals surface area contributed by atoms with Crippen molar-refractivity contribution in [2.24, 2.45) is 0 Å². The van der Waals surface area contributed by atoms with Crippen molar-refractivity contribution in [3.8, 4) is 5.75 Å². The number of para-hydroxylation sites is 2. The van der Waals surface area contributed by atoms with Crippen LogP contribution in [-0.4, -0.2) is 39.8 Å². The first-order valence-electron chi connectivity index (χ1n) is 15.0. The molecular formula is C40H40N2O+2. The molecule has 2 aliphatic rings. The average Bonchev–Trinajstić information content (AvgIpc) is 3.32. The zero-order valence-electron chi connectivity index (χ0n) is 26.0. The summed E-state index contributed by atoms with van der Waals surface area (Å²) in [5, 5.41) is 10.7. The minimum absolute atomic E-state index is 0.0633. The van der Waals surface area contributed by atoms with Crippen molar-refractivity contribution in [2.75, 3.05) is 14.1 Å².